The van der Waals surface area contributed by atoms with Crippen molar-refractivity contribution in [2.75, 3.05) is 4.90 Å². The van der Waals surface area contributed by atoms with Crippen molar-refractivity contribution < 1.29 is 14.5 Å². The fourth-order valence-electron chi connectivity index (χ4n) is 1.98. The van der Waals surface area contributed by atoms with E-state index in [1.165, 1.54) is 6.07 Å². The van der Waals surface area contributed by atoms with Gasteiger partial charge in [0.25, 0.3) is 5.69 Å². The van der Waals surface area contributed by atoms with Gasteiger partial charge in [0.2, 0.25) is 11.8 Å². The van der Waals surface area contributed by atoms with E-state index in [1.54, 1.807) is 19.1 Å². The van der Waals surface area contributed by atoms with Crippen molar-refractivity contribution in [3.8, 4) is 0 Å². The molecule has 1 aliphatic heterocycles. The lowest BCUT2D eigenvalue weighted by atomic mass is 10.1. The van der Waals surface area contributed by atoms with Crippen LogP contribution in [0.4, 0.5) is 11.4 Å². The van der Waals surface area contributed by atoms with E-state index in [0.717, 1.165) is 4.90 Å². The fraction of sp³-hybridized carbons (Fsp3) is 0.333. The molecule has 1 aromatic rings. The number of rotatable bonds is 2. The van der Waals surface area contributed by atoms with Crippen molar-refractivity contribution >= 4 is 23.2 Å². The number of nitro benzene ring substituents is 1. The molecule has 0 unspecified atom stereocenters. The van der Waals surface area contributed by atoms with Crippen LogP contribution < -0.4 is 4.90 Å². The van der Waals surface area contributed by atoms with Crippen LogP contribution in [0.1, 0.15) is 24.8 Å². The van der Waals surface area contributed by atoms with Gasteiger partial charge in [-0.05, 0) is 19.4 Å². The largest absolute Gasteiger partial charge is 0.274 e. The summed E-state index contributed by atoms with van der Waals surface area (Å²) in [5.41, 5.74) is 0.696. The van der Waals surface area contributed by atoms with Crippen molar-refractivity contribution in [3.63, 3.8) is 0 Å². The summed E-state index contributed by atoms with van der Waals surface area (Å²) in [4.78, 5) is 34.8. The Labute approximate surface area is 103 Å². The van der Waals surface area contributed by atoms with Gasteiger partial charge in [-0.2, -0.15) is 0 Å². The van der Waals surface area contributed by atoms with Crippen molar-refractivity contribution in [2.45, 2.75) is 26.2 Å². The van der Waals surface area contributed by atoms with Gasteiger partial charge in [-0.1, -0.05) is 6.07 Å². The lowest BCUT2D eigenvalue weighted by molar-refractivity contribution is -0.385. The van der Waals surface area contributed by atoms with E-state index in [-0.39, 0.29) is 23.2 Å². The molecule has 0 radical (unpaired) electrons. The predicted molar refractivity (Wildman–Crippen MR) is 64.2 cm³/mol. The Kier molecular flexibility index (Phi) is 3.10. The average molecular weight is 248 g/mol. The first-order valence-electron chi connectivity index (χ1n) is 5.61. The zero-order valence-corrected chi connectivity index (χ0v) is 9.88. The molecule has 0 bridgehead atoms. The summed E-state index contributed by atoms with van der Waals surface area (Å²) in [5, 5.41) is 10.8. The van der Waals surface area contributed by atoms with Gasteiger partial charge in [0.15, 0.2) is 0 Å². The molecular formula is C12H12N2O4. The maximum atomic E-state index is 11.7. The molecule has 0 saturated carbocycles. The van der Waals surface area contributed by atoms with E-state index in [9.17, 15) is 19.7 Å². The number of amides is 2. The monoisotopic (exact) mass is 248 g/mol. The second kappa shape index (κ2) is 4.56. The molecule has 1 fully saturated rings. The zero-order valence-electron chi connectivity index (χ0n) is 9.88. The van der Waals surface area contributed by atoms with Crippen LogP contribution in [0.2, 0.25) is 0 Å². The Morgan fingerprint density at radius 1 is 1.22 bits per heavy atom. The van der Waals surface area contributed by atoms with E-state index in [0.29, 0.717) is 24.8 Å². The topological polar surface area (TPSA) is 80.5 Å². The first kappa shape index (κ1) is 12.2. The maximum Gasteiger partial charge on any atom is 0.274 e. The zero-order chi connectivity index (χ0) is 13.3. The van der Waals surface area contributed by atoms with Gasteiger partial charge in [0.1, 0.15) is 0 Å². The lowest BCUT2D eigenvalue weighted by Crippen LogP contribution is -2.40. The number of nitro groups is 1. The molecule has 1 saturated heterocycles. The summed E-state index contributed by atoms with van der Waals surface area (Å²) in [6.07, 6.45) is 1.14. The number of hydrogen-bond acceptors (Lipinski definition) is 4. The van der Waals surface area contributed by atoms with E-state index >= 15 is 0 Å². The summed E-state index contributed by atoms with van der Waals surface area (Å²) in [6, 6.07) is 4.38. The average Bonchev–Trinajstić information content (AvgIpc) is 2.30. The van der Waals surface area contributed by atoms with Gasteiger partial charge in [0, 0.05) is 24.5 Å². The first-order valence-corrected chi connectivity index (χ1v) is 5.61. The van der Waals surface area contributed by atoms with Crippen LogP contribution in [0.5, 0.6) is 0 Å². The third-order valence-corrected chi connectivity index (χ3v) is 2.93. The van der Waals surface area contributed by atoms with Crippen molar-refractivity contribution in [3.05, 3.63) is 33.9 Å². The molecule has 0 spiro atoms. The minimum atomic E-state index is -0.516. The molecule has 0 atom stereocenters. The number of nitrogens with zero attached hydrogens (tertiary/aromatic N) is 2. The highest BCUT2D eigenvalue weighted by Gasteiger charge is 2.28. The number of imide groups is 1. The van der Waals surface area contributed by atoms with Crippen LogP contribution in [0.25, 0.3) is 0 Å². The molecule has 1 aromatic carbocycles. The van der Waals surface area contributed by atoms with E-state index in [4.69, 9.17) is 0 Å². The molecule has 1 aliphatic rings. The number of piperidine rings is 1. The van der Waals surface area contributed by atoms with Gasteiger partial charge in [-0.3, -0.25) is 24.6 Å². The smallest absolute Gasteiger partial charge is 0.274 e. The molecule has 2 amide bonds. The highest BCUT2D eigenvalue weighted by atomic mass is 16.6. The van der Waals surface area contributed by atoms with Crippen LogP contribution in [0.3, 0.4) is 0 Å². The molecule has 6 heteroatoms. The number of carbonyl (C=O) groups is 2. The molecule has 2 rings (SSSR count). The van der Waals surface area contributed by atoms with Crippen molar-refractivity contribution in [2.24, 2.45) is 0 Å². The summed E-state index contributed by atoms with van der Waals surface area (Å²) < 4.78 is 0. The number of anilines is 1. The Bertz CT molecular complexity index is 523. The third-order valence-electron chi connectivity index (χ3n) is 2.93. The molecular weight excluding hydrogens is 236 g/mol. The third kappa shape index (κ3) is 2.09. The van der Waals surface area contributed by atoms with E-state index in [1.807, 2.05) is 0 Å². The Hall–Kier alpha value is -2.24. The molecule has 0 aliphatic carbocycles. The fourth-order valence-corrected chi connectivity index (χ4v) is 1.98. The second-order valence-electron chi connectivity index (χ2n) is 4.20. The minimum Gasteiger partial charge on any atom is -0.274 e. The van der Waals surface area contributed by atoms with Gasteiger partial charge in [-0.25, -0.2) is 0 Å². The van der Waals surface area contributed by atoms with E-state index < -0.39 is 4.92 Å². The molecule has 0 aromatic heterocycles. The molecule has 0 N–H and O–H groups in total. The number of benzene rings is 1. The molecule has 6 nitrogen and oxygen atoms in total. The highest BCUT2D eigenvalue weighted by molar-refractivity contribution is 6.16. The van der Waals surface area contributed by atoms with Gasteiger partial charge in [0.05, 0.1) is 10.6 Å². The van der Waals surface area contributed by atoms with Crippen molar-refractivity contribution in [1.82, 2.24) is 0 Å². The summed E-state index contributed by atoms with van der Waals surface area (Å²) in [7, 11) is 0. The number of aryl methyl sites for hydroxylation is 1. The van der Waals surface area contributed by atoms with Crippen LogP contribution in [-0.4, -0.2) is 16.7 Å². The van der Waals surface area contributed by atoms with Crippen LogP contribution >= 0.6 is 0 Å². The normalized spacial score (nSPS) is 15.9. The van der Waals surface area contributed by atoms with Crippen LogP contribution in [-0.2, 0) is 9.59 Å². The molecule has 1 heterocycles. The highest BCUT2D eigenvalue weighted by Crippen LogP contribution is 2.28. The van der Waals surface area contributed by atoms with Crippen molar-refractivity contribution in [1.29, 1.82) is 0 Å². The predicted octanol–water partition coefficient (Wildman–Crippen LogP) is 1.95. The summed E-state index contributed by atoms with van der Waals surface area (Å²) in [5.74, 6) is -0.603. The maximum absolute atomic E-state index is 11.7. The van der Waals surface area contributed by atoms with Crippen LogP contribution in [0, 0.1) is 17.0 Å². The van der Waals surface area contributed by atoms with Gasteiger partial charge in [-0.15, -0.1) is 0 Å². The Morgan fingerprint density at radius 2 is 1.83 bits per heavy atom. The van der Waals surface area contributed by atoms with Gasteiger partial charge >= 0.3 is 0 Å². The number of hydrogen-bond donors (Lipinski definition) is 0. The van der Waals surface area contributed by atoms with Crippen LogP contribution in [0.15, 0.2) is 18.2 Å². The van der Waals surface area contributed by atoms with Gasteiger partial charge < -0.3 is 0 Å². The quantitative estimate of drug-likeness (QED) is 0.455. The molecule has 18 heavy (non-hydrogen) atoms. The van der Waals surface area contributed by atoms with E-state index in [2.05, 4.69) is 0 Å². The SMILES string of the molecule is Cc1ccc(N2C(=O)CCCC2=O)cc1[N+](=O)[O-]. The molecule has 94 valence electrons. The minimum absolute atomic E-state index is 0.0846. The number of carbonyl (C=O) groups excluding carboxylic acids is 2. The Morgan fingerprint density at radius 3 is 2.39 bits per heavy atom. The Balaban J connectivity index is 2.44. The summed E-state index contributed by atoms with van der Waals surface area (Å²) in [6.45, 7) is 1.61. The summed E-state index contributed by atoms with van der Waals surface area (Å²) >= 11 is 0. The first-order chi connectivity index (χ1) is 8.50. The standard InChI is InChI=1S/C12H12N2O4/c1-8-5-6-9(7-10(8)14(17)18)13-11(15)3-2-4-12(13)16/h5-7H,2-4H2,1H3. The lowest BCUT2D eigenvalue weighted by Gasteiger charge is -2.24. The second-order valence-corrected chi connectivity index (χ2v) is 4.20.